The first-order valence-corrected chi connectivity index (χ1v) is 10.5. The molecule has 0 radical (unpaired) electrons. The molecule has 5 nitrogen and oxygen atoms in total. The maximum absolute atomic E-state index is 14.0. The third-order valence-electron chi connectivity index (χ3n) is 4.86. The Labute approximate surface area is 159 Å². The molecule has 7 heteroatoms. The van der Waals surface area contributed by atoms with Gasteiger partial charge in [-0.15, -0.1) is 0 Å². The van der Waals surface area contributed by atoms with Crippen LogP contribution in [-0.4, -0.2) is 38.3 Å². The number of hydrogen-bond acceptors (Lipinski definition) is 3. The van der Waals surface area contributed by atoms with E-state index in [0.29, 0.717) is 38.2 Å². The summed E-state index contributed by atoms with van der Waals surface area (Å²) in [5.41, 5.74) is 1.46. The van der Waals surface area contributed by atoms with E-state index in [1.54, 1.807) is 38.1 Å². The second-order valence-electron chi connectivity index (χ2n) is 6.42. The molecule has 3 rings (SSSR count). The number of nitrogens with zero attached hydrogens (tertiary/aromatic N) is 2. The van der Waals surface area contributed by atoms with Crippen LogP contribution in [0.3, 0.4) is 0 Å². The van der Waals surface area contributed by atoms with Crippen molar-refractivity contribution in [2.75, 3.05) is 24.5 Å². The van der Waals surface area contributed by atoms with Gasteiger partial charge in [-0.05, 0) is 48.7 Å². The third-order valence-corrected chi connectivity index (χ3v) is 6.91. The molecule has 144 valence electrons. The summed E-state index contributed by atoms with van der Waals surface area (Å²) in [6.07, 6.45) is 1.37. The van der Waals surface area contributed by atoms with Crippen molar-refractivity contribution in [3.63, 3.8) is 0 Å². The molecular weight excluding hydrogens is 367 g/mol. The Kier molecular flexibility index (Phi) is 5.62. The van der Waals surface area contributed by atoms with Gasteiger partial charge in [-0.25, -0.2) is 12.8 Å². The number of carbonyl (C=O) groups excluding carboxylic acids is 1. The lowest BCUT2D eigenvalue weighted by molar-refractivity contribution is 0.0981. The maximum Gasteiger partial charge on any atom is 0.261 e. The number of anilines is 1. The fraction of sp³-hybridized carbons (Fsp3) is 0.350. The monoisotopic (exact) mass is 390 g/mol. The summed E-state index contributed by atoms with van der Waals surface area (Å²) < 4.78 is 40.9. The van der Waals surface area contributed by atoms with Gasteiger partial charge >= 0.3 is 0 Å². The number of amides is 1. The maximum atomic E-state index is 14.0. The van der Waals surface area contributed by atoms with Gasteiger partial charge in [0.05, 0.1) is 10.5 Å². The summed E-state index contributed by atoms with van der Waals surface area (Å²) in [5, 5.41) is 0. The minimum absolute atomic E-state index is 0.0187. The number of hydrogen-bond donors (Lipinski definition) is 0. The van der Waals surface area contributed by atoms with Gasteiger partial charge in [-0.1, -0.05) is 26.0 Å². The molecule has 0 aromatic heterocycles. The van der Waals surface area contributed by atoms with Crippen LogP contribution in [0.2, 0.25) is 0 Å². The van der Waals surface area contributed by atoms with Crippen LogP contribution < -0.4 is 4.90 Å². The smallest absolute Gasteiger partial charge is 0.261 e. The Bertz CT molecular complexity index is 955. The normalized spacial score (nSPS) is 14.3. The van der Waals surface area contributed by atoms with E-state index in [-0.39, 0.29) is 10.5 Å². The summed E-state index contributed by atoms with van der Waals surface area (Å²) in [4.78, 5) is 14.6. The van der Waals surface area contributed by atoms with Crippen molar-refractivity contribution < 1.29 is 17.6 Å². The van der Waals surface area contributed by atoms with E-state index in [0.717, 1.165) is 5.56 Å². The van der Waals surface area contributed by atoms with E-state index in [9.17, 15) is 17.6 Å². The number of rotatable bonds is 5. The van der Waals surface area contributed by atoms with Crippen molar-refractivity contribution in [2.24, 2.45) is 0 Å². The van der Waals surface area contributed by atoms with E-state index in [2.05, 4.69) is 0 Å². The molecule has 0 unspecified atom stereocenters. The van der Waals surface area contributed by atoms with Crippen LogP contribution in [0, 0.1) is 5.82 Å². The summed E-state index contributed by atoms with van der Waals surface area (Å²) in [5.74, 6) is -0.969. The standard InChI is InChI=1S/C20H23FN2O3S/c1-3-22(4-2)27(25,26)16-11-12-19-15(14-16)8-7-13-23(19)20(24)17-9-5-6-10-18(17)21/h5-6,9-12,14H,3-4,7-8,13H2,1-2H3. The molecule has 2 aromatic carbocycles. The van der Waals surface area contributed by atoms with E-state index in [1.165, 1.54) is 27.4 Å². The number of aryl methyl sites for hydroxylation is 1. The highest BCUT2D eigenvalue weighted by molar-refractivity contribution is 7.89. The molecule has 0 saturated heterocycles. The molecule has 0 N–H and O–H groups in total. The van der Waals surface area contributed by atoms with E-state index in [1.807, 2.05) is 0 Å². The van der Waals surface area contributed by atoms with Gasteiger partial charge in [-0.2, -0.15) is 4.31 Å². The van der Waals surface area contributed by atoms with Gasteiger partial charge in [0.25, 0.3) is 5.91 Å². The first kappa shape index (κ1) is 19.5. The second kappa shape index (κ2) is 7.78. The predicted molar refractivity (Wildman–Crippen MR) is 103 cm³/mol. The minimum Gasteiger partial charge on any atom is -0.308 e. The fourth-order valence-electron chi connectivity index (χ4n) is 3.44. The van der Waals surface area contributed by atoms with Crippen LogP contribution in [0.15, 0.2) is 47.4 Å². The van der Waals surface area contributed by atoms with E-state index in [4.69, 9.17) is 0 Å². The van der Waals surface area contributed by atoms with Gasteiger partial charge in [0.1, 0.15) is 5.82 Å². The lowest BCUT2D eigenvalue weighted by Crippen LogP contribution is -2.36. The minimum atomic E-state index is -3.56. The van der Waals surface area contributed by atoms with E-state index < -0.39 is 21.7 Å². The number of carbonyl (C=O) groups is 1. The van der Waals surface area contributed by atoms with Crippen LogP contribution in [0.1, 0.15) is 36.2 Å². The predicted octanol–water partition coefficient (Wildman–Crippen LogP) is 3.45. The van der Waals surface area contributed by atoms with Crippen molar-refractivity contribution in [2.45, 2.75) is 31.6 Å². The Balaban J connectivity index is 1.99. The average Bonchev–Trinajstić information content (AvgIpc) is 2.67. The second-order valence-corrected chi connectivity index (χ2v) is 8.36. The first-order valence-electron chi connectivity index (χ1n) is 9.09. The largest absolute Gasteiger partial charge is 0.308 e. The summed E-state index contributed by atoms with van der Waals surface area (Å²) in [7, 11) is -3.56. The molecular formula is C20H23FN2O3S. The zero-order valence-corrected chi connectivity index (χ0v) is 16.3. The lowest BCUT2D eigenvalue weighted by atomic mass is 10.0. The molecule has 27 heavy (non-hydrogen) atoms. The Morgan fingerprint density at radius 1 is 1.15 bits per heavy atom. The molecule has 1 amide bonds. The van der Waals surface area contributed by atoms with Crippen molar-refractivity contribution >= 4 is 21.6 Å². The molecule has 0 bridgehead atoms. The van der Waals surface area contributed by atoms with Crippen LogP contribution in [0.5, 0.6) is 0 Å². The number of benzene rings is 2. The molecule has 0 spiro atoms. The van der Waals surface area contributed by atoms with Crippen LogP contribution in [0.4, 0.5) is 10.1 Å². The van der Waals surface area contributed by atoms with E-state index >= 15 is 0 Å². The molecule has 0 aliphatic carbocycles. The summed E-state index contributed by atoms with van der Waals surface area (Å²) >= 11 is 0. The highest BCUT2D eigenvalue weighted by Crippen LogP contribution is 2.31. The summed E-state index contributed by atoms with van der Waals surface area (Å²) in [6.45, 7) is 4.87. The van der Waals surface area contributed by atoms with Gasteiger partial charge in [0.2, 0.25) is 10.0 Å². The molecule has 1 aliphatic rings. The zero-order chi connectivity index (χ0) is 19.6. The van der Waals surface area contributed by atoms with Crippen molar-refractivity contribution in [1.29, 1.82) is 0 Å². The van der Waals surface area contributed by atoms with Gasteiger partial charge < -0.3 is 4.90 Å². The average molecular weight is 390 g/mol. The SMILES string of the molecule is CCN(CC)S(=O)(=O)c1ccc2c(c1)CCCN2C(=O)c1ccccc1F. The van der Waals surface area contributed by atoms with Gasteiger partial charge in [0.15, 0.2) is 0 Å². The van der Waals surface area contributed by atoms with Crippen molar-refractivity contribution in [3.8, 4) is 0 Å². The third kappa shape index (κ3) is 3.61. The molecule has 0 fully saturated rings. The van der Waals surface area contributed by atoms with Crippen molar-refractivity contribution in [3.05, 3.63) is 59.4 Å². The number of fused-ring (bicyclic) bond motifs is 1. The Morgan fingerprint density at radius 3 is 2.52 bits per heavy atom. The van der Waals surface area contributed by atoms with Crippen molar-refractivity contribution in [1.82, 2.24) is 4.31 Å². The van der Waals surface area contributed by atoms with Crippen LogP contribution >= 0.6 is 0 Å². The van der Waals surface area contributed by atoms with Crippen LogP contribution in [-0.2, 0) is 16.4 Å². The zero-order valence-electron chi connectivity index (χ0n) is 15.5. The quantitative estimate of drug-likeness (QED) is 0.786. The Hall–Kier alpha value is -2.25. The Morgan fingerprint density at radius 2 is 1.85 bits per heavy atom. The summed E-state index contributed by atoms with van der Waals surface area (Å²) in [6, 6.07) is 10.7. The number of halogens is 1. The highest BCUT2D eigenvalue weighted by atomic mass is 32.2. The molecule has 1 aliphatic heterocycles. The molecule has 2 aromatic rings. The van der Waals surface area contributed by atoms with Gasteiger partial charge in [0, 0.05) is 25.3 Å². The molecule has 0 atom stereocenters. The first-order chi connectivity index (χ1) is 12.9. The fourth-order valence-corrected chi connectivity index (χ4v) is 4.95. The van der Waals surface area contributed by atoms with Gasteiger partial charge in [-0.3, -0.25) is 4.79 Å². The lowest BCUT2D eigenvalue weighted by Gasteiger charge is -2.30. The highest BCUT2D eigenvalue weighted by Gasteiger charge is 2.28. The van der Waals surface area contributed by atoms with Crippen LogP contribution in [0.25, 0.3) is 0 Å². The molecule has 0 saturated carbocycles. The molecule has 1 heterocycles. The topological polar surface area (TPSA) is 57.7 Å². The number of sulfonamides is 1.